The normalized spacial score (nSPS) is 22.6. The van der Waals surface area contributed by atoms with Crippen molar-refractivity contribution in [3.05, 3.63) is 35.7 Å². The van der Waals surface area contributed by atoms with E-state index in [1.54, 1.807) is 17.0 Å². The van der Waals surface area contributed by atoms with Gasteiger partial charge in [0.25, 0.3) is 0 Å². The van der Waals surface area contributed by atoms with Crippen LogP contribution < -0.4 is 4.74 Å². The summed E-state index contributed by atoms with van der Waals surface area (Å²) in [5, 5.41) is 9.80. The van der Waals surface area contributed by atoms with Gasteiger partial charge in [0.15, 0.2) is 11.6 Å². The Hall–Kier alpha value is -1.88. The van der Waals surface area contributed by atoms with Crippen LogP contribution >= 0.6 is 0 Å². The Morgan fingerprint density at radius 1 is 1.52 bits per heavy atom. The first-order chi connectivity index (χ1) is 10.0. The molecule has 21 heavy (non-hydrogen) atoms. The van der Waals surface area contributed by atoms with Crippen molar-refractivity contribution < 1.29 is 19.0 Å². The Bertz CT molecular complexity index is 544. The minimum atomic E-state index is -0.470. The molecule has 0 saturated carbocycles. The molecule has 0 spiro atoms. The quantitative estimate of drug-likeness (QED) is 0.868. The van der Waals surface area contributed by atoms with Gasteiger partial charge in [-0.25, -0.2) is 4.39 Å². The molecule has 114 valence electrons. The van der Waals surface area contributed by atoms with Crippen molar-refractivity contribution in [2.75, 3.05) is 20.2 Å². The first kappa shape index (κ1) is 15.5. The maximum atomic E-state index is 13.3. The van der Waals surface area contributed by atoms with Crippen LogP contribution in [0.1, 0.15) is 18.9 Å². The molecule has 2 rings (SSSR count). The minimum Gasteiger partial charge on any atom is -0.494 e. The molecular weight excluding hydrogens is 273 g/mol. The minimum absolute atomic E-state index is 0.145. The van der Waals surface area contributed by atoms with Crippen LogP contribution in [0.5, 0.6) is 5.75 Å². The predicted octanol–water partition coefficient (Wildman–Crippen LogP) is 2.08. The number of rotatable bonds is 3. The number of amides is 1. The van der Waals surface area contributed by atoms with E-state index in [-0.39, 0.29) is 17.6 Å². The molecule has 1 aromatic carbocycles. The number of aliphatic hydroxyl groups excluding tert-OH is 1. The first-order valence-corrected chi connectivity index (χ1v) is 7.00. The number of hydrogen-bond donors (Lipinski definition) is 1. The van der Waals surface area contributed by atoms with Crippen LogP contribution in [-0.2, 0) is 4.79 Å². The lowest BCUT2D eigenvalue weighted by Gasteiger charge is -2.33. The van der Waals surface area contributed by atoms with Gasteiger partial charge in [-0.15, -0.1) is 0 Å². The topological polar surface area (TPSA) is 49.8 Å². The summed E-state index contributed by atoms with van der Waals surface area (Å²) in [5.41, 5.74) is 0.688. The number of nitrogens with zero attached hydrogens (tertiary/aromatic N) is 1. The lowest BCUT2D eigenvalue weighted by Crippen LogP contribution is -2.45. The number of methoxy groups -OCH3 is 1. The zero-order valence-corrected chi connectivity index (χ0v) is 12.3. The van der Waals surface area contributed by atoms with Gasteiger partial charge in [0.1, 0.15) is 0 Å². The predicted molar refractivity (Wildman–Crippen MR) is 78.4 cm³/mol. The SMILES string of the molecule is COc1cc(/C=C/C(=O)N2CCC(C)C(O)C2)ccc1F. The van der Waals surface area contributed by atoms with E-state index in [1.165, 1.54) is 25.3 Å². The molecular formula is C16H20FNO3. The number of carbonyl (C=O) groups is 1. The summed E-state index contributed by atoms with van der Waals surface area (Å²) in [7, 11) is 1.40. The number of ether oxygens (including phenoxy) is 1. The van der Waals surface area contributed by atoms with Crippen LogP contribution in [0, 0.1) is 11.7 Å². The highest BCUT2D eigenvalue weighted by Gasteiger charge is 2.26. The molecule has 0 aliphatic carbocycles. The summed E-state index contributed by atoms with van der Waals surface area (Å²) in [6.45, 7) is 2.98. The van der Waals surface area contributed by atoms with Gasteiger partial charge in [-0.1, -0.05) is 13.0 Å². The summed E-state index contributed by atoms with van der Waals surface area (Å²) < 4.78 is 18.2. The molecule has 1 saturated heterocycles. The number of piperidine rings is 1. The third kappa shape index (κ3) is 3.82. The van der Waals surface area contributed by atoms with Crippen LogP contribution in [0.25, 0.3) is 6.08 Å². The van der Waals surface area contributed by atoms with Gasteiger partial charge in [0.2, 0.25) is 5.91 Å². The average Bonchev–Trinajstić information content (AvgIpc) is 2.48. The van der Waals surface area contributed by atoms with E-state index in [2.05, 4.69) is 0 Å². The third-order valence-corrected chi connectivity index (χ3v) is 3.82. The van der Waals surface area contributed by atoms with Gasteiger partial charge in [0.05, 0.1) is 13.2 Å². The lowest BCUT2D eigenvalue weighted by atomic mass is 9.96. The zero-order valence-electron chi connectivity index (χ0n) is 12.3. The van der Waals surface area contributed by atoms with Gasteiger partial charge in [-0.2, -0.15) is 0 Å². The van der Waals surface area contributed by atoms with Crippen LogP contribution in [0.4, 0.5) is 4.39 Å². The fourth-order valence-electron chi connectivity index (χ4n) is 2.30. The molecule has 1 fully saturated rings. The van der Waals surface area contributed by atoms with E-state index in [0.29, 0.717) is 18.7 Å². The lowest BCUT2D eigenvalue weighted by molar-refractivity contribution is -0.130. The molecule has 1 N–H and O–H groups in total. The molecule has 0 radical (unpaired) electrons. The van der Waals surface area contributed by atoms with Crippen LogP contribution in [0.2, 0.25) is 0 Å². The van der Waals surface area contributed by atoms with Crippen molar-refractivity contribution in [1.82, 2.24) is 4.90 Å². The van der Waals surface area contributed by atoms with E-state index in [1.807, 2.05) is 6.92 Å². The van der Waals surface area contributed by atoms with Crippen molar-refractivity contribution in [2.24, 2.45) is 5.92 Å². The molecule has 0 bridgehead atoms. The smallest absolute Gasteiger partial charge is 0.246 e. The van der Waals surface area contributed by atoms with Gasteiger partial charge in [0, 0.05) is 19.2 Å². The van der Waals surface area contributed by atoms with Gasteiger partial charge in [-0.05, 0) is 36.1 Å². The number of likely N-dealkylation sites (tertiary alicyclic amines) is 1. The van der Waals surface area contributed by atoms with Crippen molar-refractivity contribution in [3.63, 3.8) is 0 Å². The largest absolute Gasteiger partial charge is 0.494 e. The number of carbonyl (C=O) groups excluding carboxylic acids is 1. The van der Waals surface area contributed by atoms with E-state index in [4.69, 9.17) is 4.74 Å². The standard InChI is InChI=1S/C16H20FNO3/c1-11-7-8-18(10-14(11)19)16(20)6-4-12-3-5-13(17)15(9-12)21-2/h3-6,9,11,14,19H,7-8,10H2,1-2H3/b6-4+. The molecule has 4 nitrogen and oxygen atoms in total. The number of aliphatic hydroxyl groups is 1. The molecule has 5 heteroatoms. The Kier molecular flexibility index (Phi) is 4.96. The van der Waals surface area contributed by atoms with Gasteiger partial charge in [-0.3, -0.25) is 4.79 Å². The molecule has 0 aromatic heterocycles. The molecule has 1 aromatic rings. The zero-order chi connectivity index (χ0) is 15.4. The Morgan fingerprint density at radius 3 is 2.95 bits per heavy atom. The summed E-state index contributed by atoms with van der Waals surface area (Å²) in [6.07, 6.45) is 3.39. The maximum absolute atomic E-state index is 13.3. The van der Waals surface area contributed by atoms with E-state index >= 15 is 0 Å². The van der Waals surface area contributed by atoms with Crippen LogP contribution in [0.15, 0.2) is 24.3 Å². The highest BCUT2D eigenvalue weighted by Crippen LogP contribution is 2.20. The van der Waals surface area contributed by atoms with E-state index in [9.17, 15) is 14.3 Å². The molecule has 1 amide bonds. The van der Waals surface area contributed by atoms with Crippen molar-refractivity contribution in [1.29, 1.82) is 0 Å². The first-order valence-electron chi connectivity index (χ1n) is 7.00. The maximum Gasteiger partial charge on any atom is 0.246 e. The fraction of sp³-hybridized carbons (Fsp3) is 0.438. The molecule has 1 aliphatic rings. The second kappa shape index (κ2) is 6.72. The number of hydrogen-bond acceptors (Lipinski definition) is 3. The number of halogens is 1. The van der Waals surface area contributed by atoms with Crippen molar-refractivity contribution in [2.45, 2.75) is 19.4 Å². The second-order valence-corrected chi connectivity index (χ2v) is 5.34. The fourth-order valence-corrected chi connectivity index (χ4v) is 2.30. The summed E-state index contributed by atoms with van der Waals surface area (Å²) in [5.74, 6) is -0.218. The van der Waals surface area contributed by atoms with Crippen LogP contribution in [0.3, 0.4) is 0 Å². The molecule has 2 atom stereocenters. The number of β-amino-alcohol motifs (C(OH)–C–C–N with tert-alkyl or cyclic N) is 1. The molecule has 1 aliphatic heterocycles. The second-order valence-electron chi connectivity index (χ2n) is 5.34. The van der Waals surface area contributed by atoms with Gasteiger partial charge >= 0.3 is 0 Å². The van der Waals surface area contributed by atoms with E-state index in [0.717, 1.165) is 6.42 Å². The highest BCUT2D eigenvalue weighted by atomic mass is 19.1. The van der Waals surface area contributed by atoms with Gasteiger partial charge < -0.3 is 14.7 Å². The third-order valence-electron chi connectivity index (χ3n) is 3.82. The Labute approximate surface area is 123 Å². The Morgan fingerprint density at radius 2 is 2.29 bits per heavy atom. The molecule has 1 heterocycles. The van der Waals surface area contributed by atoms with Crippen LogP contribution in [-0.4, -0.2) is 42.2 Å². The Balaban J connectivity index is 2.02. The summed E-state index contributed by atoms with van der Waals surface area (Å²) in [4.78, 5) is 13.7. The van der Waals surface area contributed by atoms with E-state index < -0.39 is 11.9 Å². The average molecular weight is 293 g/mol. The monoisotopic (exact) mass is 293 g/mol. The highest BCUT2D eigenvalue weighted by molar-refractivity contribution is 5.91. The van der Waals surface area contributed by atoms with Crippen molar-refractivity contribution >= 4 is 12.0 Å². The summed E-state index contributed by atoms with van der Waals surface area (Å²) in [6, 6.07) is 4.41. The van der Waals surface area contributed by atoms with Crippen molar-refractivity contribution in [3.8, 4) is 5.75 Å². The summed E-state index contributed by atoms with van der Waals surface area (Å²) >= 11 is 0. The molecule has 2 unspecified atom stereocenters. The number of benzene rings is 1.